The highest BCUT2D eigenvalue weighted by Crippen LogP contribution is 2.29. The molecule has 0 unspecified atom stereocenters. The van der Waals surface area contributed by atoms with Crippen LogP contribution < -0.4 is 5.32 Å². The van der Waals surface area contributed by atoms with Crippen LogP contribution in [0.4, 0.5) is 4.39 Å². The number of fused-ring (bicyclic) bond motifs is 1. The van der Waals surface area contributed by atoms with Gasteiger partial charge in [0.15, 0.2) is 5.76 Å². The maximum Gasteiger partial charge on any atom is 0.251 e. The van der Waals surface area contributed by atoms with E-state index in [0.717, 1.165) is 0 Å². The van der Waals surface area contributed by atoms with Crippen molar-refractivity contribution in [2.45, 2.75) is 12.5 Å². The van der Waals surface area contributed by atoms with E-state index in [1.165, 1.54) is 19.1 Å². The molecule has 6 nitrogen and oxygen atoms in total. The van der Waals surface area contributed by atoms with E-state index in [2.05, 4.69) is 10.5 Å². The number of hydrogen-bond donors (Lipinski definition) is 3. The molecule has 25 heavy (non-hydrogen) atoms. The van der Waals surface area contributed by atoms with E-state index < -0.39 is 24.7 Å². The lowest BCUT2D eigenvalue weighted by atomic mass is 10.0. The lowest BCUT2D eigenvalue weighted by Gasteiger charge is -2.26. The first-order chi connectivity index (χ1) is 12.0. The number of carbonyl (C=O) groups is 1. The summed E-state index contributed by atoms with van der Waals surface area (Å²) in [5.41, 5.74) is 0.396. The molecule has 0 aliphatic heterocycles. The van der Waals surface area contributed by atoms with Gasteiger partial charge in [0, 0.05) is 11.1 Å². The Kier molecular flexibility index (Phi) is 4.52. The van der Waals surface area contributed by atoms with Crippen molar-refractivity contribution in [3.63, 3.8) is 0 Å². The summed E-state index contributed by atoms with van der Waals surface area (Å²) in [5, 5.41) is 25.8. The van der Waals surface area contributed by atoms with Crippen LogP contribution in [0.3, 0.4) is 0 Å². The molecule has 3 aromatic rings. The SMILES string of the molecule is CC(CO)(CO)NC(=O)c1ccc2noc(-c3ccc(F)cc3)c2c1. The van der Waals surface area contributed by atoms with Crippen molar-refractivity contribution >= 4 is 16.8 Å². The third-order valence-corrected chi connectivity index (χ3v) is 3.96. The van der Waals surface area contributed by atoms with E-state index in [1.54, 1.807) is 30.3 Å². The fraction of sp³-hybridized carbons (Fsp3) is 0.222. The molecule has 0 atom stereocenters. The van der Waals surface area contributed by atoms with Gasteiger partial charge in [0.05, 0.1) is 24.1 Å². The summed E-state index contributed by atoms with van der Waals surface area (Å²) in [6.07, 6.45) is 0. The molecule has 130 valence electrons. The number of nitrogens with one attached hydrogen (secondary N) is 1. The normalized spacial score (nSPS) is 11.7. The second-order valence-corrected chi connectivity index (χ2v) is 6.08. The van der Waals surface area contributed by atoms with Gasteiger partial charge in [-0.3, -0.25) is 4.79 Å². The van der Waals surface area contributed by atoms with Gasteiger partial charge < -0.3 is 20.1 Å². The highest BCUT2D eigenvalue weighted by Gasteiger charge is 2.25. The second kappa shape index (κ2) is 6.62. The first-order valence-corrected chi connectivity index (χ1v) is 7.65. The molecule has 0 saturated heterocycles. The Bertz CT molecular complexity index is 901. The Morgan fingerprint density at radius 3 is 2.52 bits per heavy atom. The van der Waals surface area contributed by atoms with E-state index in [0.29, 0.717) is 27.8 Å². The lowest BCUT2D eigenvalue weighted by Crippen LogP contribution is -2.51. The van der Waals surface area contributed by atoms with Gasteiger partial charge in [-0.25, -0.2) is 4.39 Å². The van der Waals surface area contributed by atoms with Crippen molar-refractivity contribution in [3.8, 4) is 11.3 Å². The van der Waals surface area contributed by atoms with Crippen LogP contribution in [-0.2, 0) is 0 Å². The highest BCUT2D eigenvalue weighted by atomic mass is 19.1. The minimum Gasteiger partial charge on any atom is -0.394 e. The minimum absolute atomic E-state index is 0.326. The molecular formula is C18H17FN2O4. The molecule has 1 amide bonds. The number of amides is 1. The molecule has 2 aromatic carbocycles. The van der Waals surface area contributed by atoms with Gasteiger partial charge in [-0.2, -0.15) is 0 Å². The summed E-state index contributed by atoms with van der Waals surface area (Å²) in [4.78, 5) is 12.4. The van der Waals surface area contributed by atoms with Crippen LogP contribution in [0.15, 0.2) is 47.0 Å². The molecule has 1 aromatic heterocycles. The van der Waals surface area contributed by atoms with Crippen molar-refractivity contribution < 1.29 is 23.9 Å². The van der Waals surface area contributed by atoms with Crippen molar-refractivity contribution in [2.24, 2.45) is 0 Å². The van der Waals surface area contributed by atoms with Crippen molar-refractivity contribution in [1.82, 2.24) is 10.5 Å². The summed E-state index contributed by atoms with van der Waals surface area (Å²) in [7, 11) is 0. The summed E-state index contributed by atoms with van der Waals surface area (Å²) in [6.45, 7) is 0.740. The maximum absolute atomic E-state index is 13.1. The van der Waals surface area contributed by atoms with Gasteiger partial charge in [-0.15, -0.1) is 0 Å². The summed E-state index contributed by atoms with van der Waals surface area (Å²) in [6, 6.07) is 10.6. The Hall–Kier alpha value is -2.77. The zero-order chi connectivity index (χ0) is 18.0. The second-order valence-electron chi connectivity index (χ2n) is 6.08. The van der Waals surface area contributed by atoms with Crippen LogP contribution in [0.1, 0.15) is 17.3 Å². The van der Waals surface area contributed by atoms with Gasteiger partial charge in [-0.05, 0) is 49.4 Å². The zero-order valence-electron chi connectivity index (χ0n) is 13.5. The zero-order valence-corrected chi connectivity index (χ0v) is 13.5. The number of rotatable bonds is 5. The standard InChI is InChI=1S/C18H17FN2O4/c1-18(9-22,10-23)20-17(24)12-4-7-15-14(8-12)16(25-21-15)11-2-5-13(19)6-3-11/h2-8,22-23H,9-10H2,1H3,(H,20,24). The van der Waals surface area contributed by atoms with Crippen LogP contribution in [0.25, 0.3) is 22.2 Å². The Balaban J connectivity index is 1.98. The molecule has 1 heterocycles. The predicted molar refractivity (Wildman–Crippen MR) is 89.4 cm³/mol. The Morgan fingerprint density at radius 2 is 1.88 bits per heavy atom. The average Bonchev–Trinajstić information content (AvgIpc) is 3.05. The fourth-order valence-electron chi connectivity index (χ4n) is 2.37. The number of aliphatic hydroxyl groups is 2. The fourth-order valence-corrected chi connectivity index (χ4v) is 2.37. The van der Waals surface area contributed by atoms with Gasteiger partial charge in [0.2, 0.25) is 0 Å². The van der Waals surface area contributed by atoms with Crippen LogP contribution in [0.2, 0.25) is 0 Å². The summed E-state index contributed by atoms with van der Waals surface area (Å²) < 4.78 is 18.4. The predicted octanol–water partition coefficient (Wildman–Crippen LogP) is 2.11. The van der Waals surface area contributed by atoms with Crippen LogP contribution >= 0.6 is 0 Å². The van der Waals surface area contributed by atoms with Crippen molar-refractivity contribution in [3.05, 3.63) is 53.8 Å². The lowest BCUT2D eigenvalue weighted by molar-refractivity contribution is 0.0724. The quantitative estimate of drug-likeness (QED) is 0.659. The monoisotopic (exact) mass is 344 g/mol. The smallest absolute Gasteiger partial charge is 0.251 e. The van der Waals surface area contributed by atoms with E-state index in [-0.39, 0.29) is 5.82 Å². The number of hydrogen-bond acceptors (Lipinski definition) is 5. The minimum atomic E-state index is -1.12. The molecule has 3 rings (SSSR count). The molecule has 3 N–H and O–H groups in total. The van der Waals surface area contributed by atoms with E-state index in [4.69, 9.17) is 4.52 Å². The van der Waals surface area contributed by atoms with Gasteiger partial charge in [-0.1, -0.05) is 5.16 Å². The van der Waals surface area contributed by atoms with Crippen molar-refractivity contribution in [2.75, 3.05) is 13.2 Å². The van der Waals surface area contributed by atoms with Gasteiger partial charge in [0.1, 0.15) is 11.3 Å². The van der Waals surface area contributed by atoms with E-state index >= 15 is 0 Å². The summed E-state index contributed by atoms with van der Waals surface area (Å²) >= 11 is 0. The Morgan fingerprint density at radius 1 is 1.20 bits per heavy atom. The molecule has 7 heteroatoms. The molecule has 0 bridgehead atoms. The number of carbonyl (C=O) groups excluding carboxylic acids is 1. The van der Waals surface area contributed by atoms with E-state index in [9.17, 15) is 19.4 Å². The first-order valence-electron chi connectivity index (χ1n) is 7.65. The molecule has 0 aliphatic rings. The molecule has 0 fully saturated rings. The van der Waals surface area contributed by atoms with Crippen molar-refractivity contribution in [1.29, 1.82) is 0 Å². The highest BCUT2D eigenvalue weighted by molar-refractivity contribution is 6.01. The number of aromatic nitrogens is 1. The van der Waals surface area contributed by atoms with Crippen LogP contribution in [0, 0.1) is 5.82 Å². The molecular weight excluding hydrogens is 327 g/mol. The number of nitrogens with zero attached hydrogens (tertiary/aromatic N) is 1. The van der Waals surface area contributed by atoms with E-state index in [1.807, 2.05) is 0 Å². The largest absolute Gasteiger partial charge is 0.394 e. The first kappa shape index (κ1) is 17.1. The third kappa shape index (κ3) is 3.38. The molecule has 0 spiro atoms. The average molecular weight is 344 g/mol. The van der Waals surface area contributed by atoms with Gasteiger partial charge >= 0.3 is 0 Å². The number of benzene rings is 2. The number of halogens is 1. The summed E-state index contributed by atoms with van der Waals surface area (Å²) in [5.74, 6) is -0.379. The molecule has 0 aliphatic carbocycles. The molecule has 0 radical (unpaired) electrons. The Labute approximate surface area is 142 Å². The van der Waals surface area contributed by atoms with Crippen LogP contribution in [-0.4, -0.2) is 40.0 Å². The van der Waals surface area contributed by atoms with Crippen LogP contribution in [0.5, 0.6) is 0 Å². The number of aliphatic hydroxyl groups excluding tert-OH is 2. The molecule has 0 saturated carbocycles. The van der Waals surface area contributed by atoms with Gasteiger partial charge in [0.25, 0.3) is 5.91 Å². The topological polar surface area (TPSA) is 95.6 Å². The third-order valence-electron chi connectivity index (χ3n) is 3.96. The maximum atomic E-state index is 13.1.